The predicted octanol–water partition coefficient (Wildman–Crippen LogP) is 2.92. The van der Waals surface area contributed by atoms with Gasteiger partial charge >= 0.3 is 5.97 Å². The second kappa shape index (κ2) is 7.17. The minimum atomic E-state index is -0.165. The molecule has 100 valence electrons. The normalized spacial score (nSPS) is 14.3. The molecule has 0 radical (unpaired) electrons. The lowest BCUT2D eigenvalue weighted by atomic mass is 9.98. The fraction of sp³-hybridized carbons (Fsp3) is 0.533. The van der Waals surface area contributed by atoms with Gasteiger partial charge in [0.2, 0.25) is 0 Å². The summed E-state index contributed by atoms with van der Waals surface area (Å²) in [6.45, 7) is 6.33. The Balaban J connectivity index is 2.63. The summed E-state index contributed by atoms with van der Waals surface area (Å²) >= 11 is 0. The summed E-state index contributed by atoms with van der Waals surface area (Å²) in [6.07, 6.45) is 0.408. The van der Waals surface area contributed by atoms with Crippen molar-refractivity contribution in [2.24, 2.45) is 5.92 Å². The molecule has 1 aromatic rings. The average molecular weight is 249 g/mol. The van der Waals surface area contributed by atoms with E-state index in [9.17, 15) is 4.79 Å². The van der Waals surface area contributed by atoms with Gasteiger partial charge in [-0.1, -0.05) is 44.2 Å². The molecule has 1 aromatic carbocycles. The second-order valence-corrected chi connectivity index (χ2v) is 4.93. The van der Waals surface area contributed by atoms with Crippen molar-refractivity contribution in [3.8, 4) is 0 Å². The van der Waals surface area contributed by atoms with Crippen LogP contribution in [0.3, 0.4) is 0 Å². The summed E-state index contributed by atoms with van der Waals surface area (Å²) in [5.74, 6) is 0.219. The van der Waals surface area contributed by atoms with Gasteiger partial charge in [0.05, 0.1) is 13.5 Å². The molecule has 18 heavy (non-hydrogen) atoms. The minimum Gasteiger partial charge on any atom is -0.469 e. The molecule has 0 amide bonds. The smallest absolute Gasteiger partial charge is 0.307 e. The monoisotopic (exact) mass is 249 g/mol. The third-order valence-electron chi connectivity index (χ3n) is 3.18. The first kappa shape index (κ1) is 14.7. The topological polar surface area (TPSA) is 38.3 Å². The van der Waals surface area contributed by atoms with Crippen LogP contribution in [0.1, 0.15) is 38.8 Å². The summed E-state index contributed by atoms with van der Waals surface area (Å²) in [5, 5.41) is 3.50. The zero-order chi connectivity index (χ0) is 13.5. The molecular weight excluding hydrogens is 226 g/mol. The Bertz CT molecular complexity index is 362. The Kier molecular flexibility index (Phi) is 5.86. The van der Waals surface area contributed by atoms with Crippen LogP contribution in [0.25, 0.3) is 0 Å². The van der Waals surface area contributed by atoms with Crippen molar-refractivity contribution < 1.29 is 9.53 Å². The Morgan fingerprint density at radius 3 is 2.33 bits per heavy atom. The number of carbonyl (C=O) groups is 1. The van der Waals surface area contributed by atoms with Gasteiger partial charge in [0.25, 0.3) is 0 Å². The van der Waals surface area contributed by atoms with E-state index >= 15 is 0 Å². The average Bonchev–Trinajstić information content (AvgIpc) is 2.38. The van der Waals surface area contributed by atoms with Crippen molar-refractivity contribution in [2.45, 2.75) is 39.3 Å². The maximum absolute atomic E-state index is 11.4. The molecule has 0 saturated carbocycles. The molecule has 0 aliphatic heterocycles. The van der Waals surface area contributed by atoms with Crippen LogP contribution >= 0.6 is 0 Å². The Morgan fingerprint density at radius 2 is 1.83 bits per heavy atom. The molecule has 3 nitrogen and oxygen atoms in total. The molecule has 1 rings (SSSR count). The molecular formula is C15H23NO2. The lowest BCUT2D eigenvalue weighted by Gasteiger charge is -2.26. The van der Waals surface area contributed by atoms with Gasteiger partial charge in [-0.15, -0.1) is 0 Å². The number of hydrogen-bond acceptors (Lipinski definition) is 3. The van der Waals surface area contributed by atoms with Gasteiger partial charge in [0, 0.05) is 12.1 Å². The van der Waals surface area contributed by atoms with Crippen LogP contribution in [0, 0.1) is 5.92 Å². The van der Waals surface area contributed by atoms with Crippen LogP contribution in [-0.2, 0) is 9.53 Å². The highest BCUT2D eigenvalue weighted by atomic mass is 16.5. The maximum atomic E-state index is 11.4. The van der Waals surface area contributed by atoms with E-state index in [-0.39, 0.29) is 18.1 Å². The number of ether oxygens (including phenoxy) is 1. The molecule has 0 heterocycles. The molecule has 0 fully saturated rings. The quantitative estimate of drug-likeness (QED) is 0.788. The third-order valence-corrected chi connectivity index (χ3v) is 3.18. The Hall–Kier alpha value is -1.35. The second-order valence-electron chi connectivity index (χ2n) is 4.93. The number of rotatable bonds is 6. The van der Waals surface area contributed by atoms with Gasteiger partial charge in [-0.2, -0.15) is 0 Å². The van der Waals surface area contributed by atoms with Crippen molar-refractivity contribution in [3.05, 3.63) is 35.9 Å². The van der Waals surface area contributed by atoms with Crippen molar-refractivity contribution in [3.63, 3.8) is 0 Å². The van der Waals surface area contributed by atoms with Crippen LogP contribution in [0.2, 0.25) is 0 Å². The number of carbonyl (C=O) groups excluding carboxylic acids is 1. The summed E-state index contributed by atoms with van der Waals surface area (Å²) in [4.78, 5) is 11.4. The van der Waals surface area contributed by atoms with Gasteiger partial charge in [0.15, 0.2) is 0 Å². The number of benzene rings is 1. The molecule has 0 bridgehead atoms. The number of hydrogen-bond donors (Lipinski definition) is 1. The maximum Gasteiger partial charge on any atom is 0.307 e. The molecule has 0 aromatic heterocycles. The molecule has 1 N–H and O–H groups in total. The minimum absolute atomic E-state index is 0.132. The Labute approximate surface area is 110 Å². The van der Waals surface area contributed by atoms with E-state index in [1.54, 1.807) is 0 Å². The standard InChI is InChI=1S/C15H23NO2/c1-11(2)14(10-15(17)18-4)16-12(3)13-8-6-5-7-9-13/h5-9,11-12,14,16H,10H2,1-4H3/t12-,14+/m1/s1. The number of nitrogens with one attached hydrogen (secondary N) is 1. The van der Waals surface area contributed by atoms with Crippen LogP contribution in [0.4, 0.5) is 0 Å². The molecule has 0 unspecified atom stereocenters. The van der Waals surface area contributed by atoms with Gasteiger partial charge < -0.3 is 10.1 Å². The van der Waals surface area contributed by atoms with E-state index in [2.05, 4.69) is 38.2 Å². The largest absolute Gasteiger partial charge is 0.469 e. The number of methoxy groups -OCH3 is 1. The van der Waals surface area contributed by atoms with E-state index in [1.165, 1.54) is 12.7 Å². The molecule has 0 aliphatic carbocycles. The van der Waals surface area contributed by atoms with Gasteiger partial charge in [-0.25, -0.2) is 0 Å². The Morgan fingerprint density at radius 1 is 1.22 bits per heavy atom. The van der Waals surface area contributed by atoms with E-state index in [0.29, 0.717) is 12.3 Å². The predicted molar refractivity (Wildman–Crippen MR) is 73.3 cm³/mol. The first-order valence-corrected chi connectivity index (χ1v) is 6.42. The summed E-state index contributed by atoms with van der Waals surface area (Å²) in [5.41, 5.74) is 1.23. The lowest BCUT2D eigenvalue weighted by molar-refractivity contribution is -0.141. The molecule has 2 atom stereocenters. The van der Waals surface area contributed by atoms with Crippen LogP contribution < -0.4 is 5.32 Å². The zero-order valence-electron chi connectivity index (χ0n) is 11.6. The summed E-state index contributed by atoms with van der Waals surface area (Å²) < 4.78 is 4.74. The molecule has 3 heteroatoms. The van der Waals surface area contributed by atoms with Crippen molar-refractivity contribution in [2.75, 3.05) is 7.11 Å². The first-order chi connectivity index (χ1) is 8.54. The highest BCUT2D eigenvalue weighted by Crippen LogP contribution is 2.16. The van der Waals surface area contributed by atoms with Gasteiger partial charge in [-0.3, -0.25) is 4.79 Å². The summed E-state index contributed by atoms with van der Waals surface area (Å²) in [6, 6.07) is 10.6. The van der Waals surface area contributed by atoms with Crippen molar-refractivity contribution in [1.82, 2.24) is 5.32 Å². The van der Waals surface area contributed by atoms with E-state index in [1.807, 2.05) is 18.2 Å². The molecule has 0 saturated heterocycles. The highest BCUT2D eigenvalue weighted by Gasteiger charge is 2.20. The lowest BCUT2D eigenvalue weighted by Crippen LogP contribution is -2.37. The van der Waals surface area contributed by atoms with Crippen LogP contribution in [0.5, 0.6) is 0 Å². The third kappa shape index (κ3) is 4.49. The summed E-state index contributed by atoms with van der Waals surface area (Å²) in [7, 11) is 1.43. The van der Waals surface area contributed by atoms with Crippen molar-refractivity contribution in [1.29, 1.82) is 0 Å². The van der Waals surface area contributed by atoms with Crippen molar-refractivity contribution >= 4 is 5.97 Å². The highest BCUT2D eigenvalue weighted by molar-refractivity contribution is 5.69. The zero-order valence-corrected chi connectivity index (χ0v) is 11.6. The van der Waals surface area contributed by atoms with E-state index < -0.39 is 0 Å². The fourth-order valence-corrected chi connectivity index (χ4v) is 1.91. The van der Waals surface area contributed by atoms with Gasteiger partial charge in [-0.05, 0) is 18.4 Å². The number of esters is 1. The fourth-order valence-electron chi connectivity index (χ4n) is 1.91. The molecule has 0 spiro atoms. The molecule has 0 aliphatic rings. The van der Waals surface area contributed by atoms with Gasteiger partial charge in [0.1, 0.15) is 0 Å². The van der Waals surface area contributed by atoms with E-state index in [4.69, 9.17) is 4.74 Å². The van der Waals surface area contributed by atoms with E-state index in [0.717, 1.165) is 0 Å². The first-order valence-electron chi connectivity index (χ1n) is 6.42. The van der Waals surface area contributed by atoms with Crippen LogP contribution in [0.15, 0.2) is 30.3 Å². The SMILES string of the molecule is COC(=O)C[C@H](N[C@H](C)c1ccccc1)C(C)C. The van der Waals surface area contributed by atoms with Crippen LogP contribution in [-0.4, -0.2) is 19.1 Å².